The molecule has 0 unspecified atom stereocenters. The molecular formula is C20H30N2O4S. The molecule has 1 aliphatic rings. The highest BCUT2D eigenvalue weighted by Crippen LogP contribution is 2.45. The number of hydrogen-bond donors (Lipinski definition) is 0. The minimum Gasteiger partial charge on any atom is -0.275 e. The van der Waals surface area contributed by atoms with Gasteiger partial charge in [-0.1, -0.05) is 59.2 Å². The first-order valence-corrected chi connectivity index (χ1v) is 10.5. The number of benzene rings is 1. The van der Waals surface area contributed by atoms with Gasteiger partial charge in [0.15, 0.2) is 0 Å². The van der Waals surface area contributed by atoms with Crippen molar-refractivity contribution in [3.63, 3.8) is 0 Å². The summed E-state index contributed by atoms with van der Waals surface area (Å²) >= 11 is 0. The average Bonchev–Trinajstić information content (AvgIpc) is 2.82. The van der Waals surface area contributed by atoms with Crippen molar-refractivity contribution in [3.8, 4) is 0 Å². The van der Waals surface area contributed by atoms with Crippen LogP contribution in [0.3, 0.4) is 0 Å². The van der Waals surface area contributed by atoms with Crippen LogP contribution in [0.1, 0.15) is 54.0 Å². The fourth-order valence-corrected chi connectivity index (χ4v) is 5.44. The molecule has 3 amide bonds. The highest BCUT2D eigenvalue weighted by molar-refractivity contribution is 7.89. The van der Waals surface area contributed by atoms with Gasteiger partial charge in [-0.05, 0) is 29.9 Å². The average molecular weight is 395 g/mol. The van der Waals surface area contributed by atoms with Crippen LogP contribution in [0.5, 0.6) is 0 Å². The van der Waals surface area contributed by atoms with Crippen molar-refractivity contribution < 1.29 is 18.0 Å². The van der Waals surface area contributed by atoms with Crippen LogP contribution in [0.25, 0.3) is 0 Å². The van der Waals surface area contributed by atoms with Crippen molar-refractivity contribution in [1.29, 1.82) is 0 Å². The van der Waals surface area contributed by atoms with E-state index in [2.05, 4.69) is 0 Å². The van der Waals surface area contributed by atoms with Gasteiger partial charge in [-0.25, -0.2) is 17.5 Å². The molecule has 0 N–H and O–H groups in total. The maximum absolute atomic E-state index is 13.4. The Morgan fingerprint density at radius 2 is 1.37 bits per heavy atom. The molecule has 150 valence electrons. The smallest absolute Gasteiger partial charge is 0.275 e. The number of sulfonamides is 1. The molecule has 6 nitrogen and oxygen atoms in total. The number of aryl methyl sites for hydroxylation is 1. The summed E-state index contributed by atoms with van der Waals surface area (Å²) in [5.74, 6) is -0.448. The summed E-state index contributed by atoms with van der Waals surface area (Å²) in [4.78, 5) is 26.7. The Balaban J connectivity index is 2.74. The largest absolute Gasteiger partial charge is 0.341 e. The fraction of sp³-hybridized carbons (Fsp3) is 0.600. The maximum atomic E-state index is 13.4. The fourth-order valence-electron chi connectivity index (χ4n) is 3.71. The van der Waals surface area contributed by atoms with Gasteiger partial charge in [-0.2, -0.15) is 0 Å². The molecule has 0 spiro atoms. The molecule has 0 aliphatic carbocycles. The van der Waals surface area contributed by atoms with Crippen LogP contribution in [0, 0.1) is 17.8 Å². The van der Waals surface area contributed by atoms with Crippen molar-refractivity contribution >= 4 is 22.0 Å². The Labute approximate surface area is 162 Å². The first-order chi connectivity index (χ1) is 12.1. The van der Waals surface area contributed by atoms with Crippen molar-refractivity contribution in [2.24, 2.45) is 10.8 Å². The van der Waals surface area contributed by atoms with E-state index in [0.717, 1.165) is 14.8 Å². The lowest BCUT2D eigenvalue weighted by molar-refractivity contribution is -0.129. The van der Waals surface area contributed by atoms with E-state index in [-0.39, 0.29) is 4.90 Å². The van der Waals surface area contributed by atoms with Gasteiger partial charge in [-0.15, -0.1) is 0 Å². The van der Waals surface area contributed by atoms with Gasteiger partial charge in [0.2, 0.25) is 5.91 Å². The maximum Gasteiger partial charge on any atom is 0.341 e. The molecule has 1 aromatic carbocycles. The minimum absolute atomic E-state index is 0.0498. The highest BCUT2D eigenvalue weighted by atomic mass is 32.2. The van der Waals surface area contributed by atoms with Crippen LogP contribution < -0.4 is 0 Å². The molecule has 1 saturated heterocycles. The van der Waals surface area contributed by atoms with Crippen molar-refractivity contribution in [1.82, 2.24) is 9.21 Å². The molecule has 1 fully saturated rings. The lowest BCUT2D eigenvalue weighted by atomic mass is 9.73. The van der Waals surface area contributed by atoms with Crippen LogP contribution in [0.2, 0.25) is 0 Å². The van der Waals surface area contributed by atoms with Gasteiger partial charge < -0.3 is 0 Å². The molecule has 1 aliphatic heterocycles. The van der Waals surface area contributed by atoms with E-state index in [0.29, 0.717) is 0 Å². The monoisotopic (exact) mass is 394 g/mol. The zero-order valence-corrected chi connectivity index (χ0v) is 18.2. The zero-order chi connectivity index (χ0) is 20.9. The van der Waals surface area contributed by atoms with Crippen LogP contribution in [0.4, 0.5) is 4.79 Å². The summed E-state index contributed by atoms with van der Waals surface area (Å²) in [5.41, 5.74) is -0.126. The third-order valence-corrected chi connectivity index (χ3v) is 6.69. The second kappa shape index (κ2) is 6.62. The first kappa shape index (κ1) is 21.4. The standard InChI is InChI=1S/C20H30N2O4S/c1-13-9-11-15(12-10-13)27(25,26)22-17(20(6,7)8)16(19(3,4)5)21(14(2)23)18(22)24/h9-12,16-17H,1-8H3/t16-,17-/m0/s1. The number of hydrogen-bond acceptors (Lipinski definition) is 4. The Bertz CT molecular complexity index is 845. The number of carbonyl (C=O) groups is 2. The third kappa shape index (κ3) is 3.74. The number of rotatable bonds is 2. The number of imide groups is 1. The van der Waals surface area contributed by atoms with Gasteiger partial charge in [0.05, 0.1) is 17.0 Å². The lowest BCUT2D eigenvalue weighted by Crippen LogP contribution is -2.53. The van der Waals surface area contributed by atoms with Crippen molar-refractivity contribution in [3.05, 3.63) is 29.8 Å². The van der Waals surface area contributed by atoms with Gasteiger partial charge in [0, 0.05) is 6.92 Å². The van der Waals surface area contributed by atoms with Crippen molar-refractivity contribution in [2.45, 2.75) is 72.4 Å². The summed E-state index contributed by atoms with van der Waals surface area (Å²) in [7, 11) is -4.11. The number of amides is 3. The van der Waals surface area contributed by atoms with Crippen LogP contribution in [0.15, 0.2) is 29.2 Å². The zero-order valence-electron chi connectivity index (χ0n) is 17.4. The second-order valence-corrected chi connectivity index (χ2v) is 11.2. The molecule has 0 bridgehead atoms. The molecule has 2 rings (SSSR count). The number of nitrogens with zero attached hydrogens (tertiary/aromatic N) is 2. The molecule has 7 heteroatoms. The highest BCUT2D eigenvalue weighted by Gasteiger charge is 2.59. The first-order valence-electron chi connectivity index (χ1n) is 9.05. The summed E-state index contributed by atoms with van der Waals surface area (Å²) in [6.07, 6.45) is 0. The normalized spacial score (nSPS) is 21.7. The van der Waals surface area contributed by atoms with Gasteiger partial charge >= 0.3 is 6.03 Å². The Morgan fingerprint density at radius 3 is 1.74 bits per heavy atom. The Morgan fingerprint density at radius 1 is 0.926 bits per heavy atom. The number of urea groups is 1. The molecule has 1 heterocycles. The number of carbonyl (C=O) groups excluding carboxylic acids is 2. The summed E-state index contributed by atoms with van der Waals surface area (Å²) < 4.78 is 27.8. The predicted octanol–water partition coefficient (Wildman–Crippen LogP) is 3.80. The lowest BCUT2D eigenvalue weighted by Gasteiger charge is -2.42. The molecular weight excluding hydrogens is 364 g/mol. The van der Waals surface area contributed by atoms with E-state index in [9.17, 15) is 18.0 Å². The summed E-state index contributed by atoms with van der Waals surface area (Å²) in [5, 5.41) is 0. The van der Waals surface area contributed by atoms with E-state index in [1.807, 2.05) is 48.5 Å². The molecule has 0 aromatic heterocycles. The summed E-state index contributed by atoms with van der Waals surface area (Å²) in [6, 6.07) is 4.37. The Kier molecular flexibility index (Phi) is 5.25. The van der Waals surface area contributed by atoms with Crippen LogP contribution in [-0.2, 0) is 14.8 Å². The van der Waals surface area contributed by atoms with Crippen LogP contribution >= 0.6 is 0 Å². The molecule has 1 aromatic rings. The summed E-state index contributed by atoms with van der Waals surface area (Å²) in [6.45, 7) is 14.6. The van der Waals surface area contributed by atoms with E-state index in [1.165, 1.54) is 19.1 Å². The molecule has 27 heavy (non-hydrogen) atoms. The van der Waals surface area contributed by atoms with Gasteiger partial charge in [0.25, 0.3) is 10.0 Å². The molecule has 0 saturated carbocycles. The SMILES string of the molecule is CC(=O)N1C(=O)N(S(=O)(=O)c2ccc(C)cc2)[C@H](C(C)(C)C)[C@H]1C(C)(C)C. The quantitative estimate of drug-likeness (QED) is 0.765. The molecule has 2 atom stereocenters. The van der Waals surface area contributed by atoms with E-state index < -0.39 is 44.9 Å². The van der Waals surface area contributed by atoms with Crippen molar-refractivity contribution in [2.75, 3.05) is 0 Å². The third-order valence-electron chi connectivity index (χ3n) is 4.92. The Hall–Kier alpha value is -1.89. The van der Waals surface area contributed by atoms with E-state index in [4.69, 9.17) is 0 Å². The predicted molar refractivity (Wildman–Crippen MR) is 105 cm³/mol. The second-order valence-electron chi connectivity index (χ2n) is 9.41. The van der Waals surface area contributed by atoms with Crippen LogP contribution in [-0.4, -0.2) is 41.6 Å². The van der Waals surface area contributed by atoms with Gasteiger partial charge in [-0.3, -0.25) is 9.69 Å². The topological polar surface area (TPSA) is 74.8 Å². The minimum atomic E-state index is -4.11. The van der Waals surface area contributed by atoms with Gasteiger partial charge in [0.1, 0.15) is 0 Å². The van der Waals surface area contributed by atoms with E-state index in [1.54, 1.807) is 12.1 Å². The van der Waals surface area contributed by atoms with E-state index >= 15 is 0 Å². The molecule has 0 radical (unpaired) electrons.